The first-order valence-electron chi connectivity index (χ1n) is 8.48. The van der Waals surface area contributed by atoms with Crippen molar-refractivity contribution < 1.29 is 14.0 Å². The van der Waals surface area contributed by atoms with Crippen molar-refractivity contribution in [3.63, 3.8) is 0 Å². The summed E-state index contributed by atoms with van der Waals surface area (Å²) < 4.78 is 13.0. The summed E-state index contributed by atoms with van der Waals surface area (Å²) in [6.07, 6.45) is 0.525. The summed E-state index contributed by atoms with van der Waals surface area (Å²) in [5.41, 5.74) is 1.96. The molecule has 6 heteroatoms. The van der Waals surface area contributed by atoms with E-state index in [1.807, 2.05) is 30.3 Å². The summed E-state index contributed by atoms with van der Waals surface area (Å²) in [4.78, 5) is 26.6. The number of nitrogens with one attached hydrogen (secondary N) is 1. The Morgan fingerprint density at radius 2 is 1.85 bits per heavy atom. The Labute approximate surface area is 156 Å². The highest BCUT2D eigenvalue weighted by Gasteiger charge is 2.33. The van der Waals surface area contributed by atoms with Crippen LogP contribution >= 0.6 is 11.8 Å². The quantitative estimate of drug-likeness (QED) is 0.878. The van der Waals surface area contributed by atoms with Crippen molar-refractivity contribution in [3.8, 4) is 0 Å². The Kier molecular flexibility index (Phi) is 5.93. The number of rotatable bonds is 5. The van der Waals surface area contributed by atoms with Crippen LogP contribution in [0.2, 0.25) is 0 Å². The molecule has 2 aromatic carbocycles. The molecule has 2 aromatic rings. The van der Waals surface area contributed by atoms with Crippen LogP contribution in [0.1, 0.15) is 11.1 Å². The average Bonchev–Trinajstić information content (AvgIpc) is 2.65. The van der Waals surface area contributed by atoms with Crippen LogP contribution in [0.4, 0.5) is 4.39 Å². The molecule has 26 heavy (non-hydrogen) atoms. The number of thioether (sulfide) groups is 1. The maximum atomic E-state index is 13.0. The molecule has 0 bridgehead atoms. The fraction of sp³-hybridized carbons (Fsp3) is 0.300. The van der Waals surface area contributed by atoms with Crippen LogP contribution in [0.25, 0.3) is 0 Å². The number of benzene rings is 2. The molecule has 0 radical (unpaired) electrons. The molecule has 2 atom stereocenters. The topological polar surface area (TPSA) is 49.4 Å². The second-order valence-corrected chi connectivity index (χ2v) is 7.63. The molecule has 0 aliphatic carbocycles. The zero-order valence-corrected chi connectivity index (χ0v) is 15.3. The third-order valence-corrected chi connectivity index (χ3v) is 5.65. The zero-order valence-electron chi connectivity index (χ0n) is 14.5. The van der Waals surface area contributed by atoms with Crippen LogP contribution in [0.3, 0.4) is 0 Å². The minimum Gasteiger partial charge on any atom is -0.343 e. The number of amides is 2. The number of hydrogen-bond donors (Lipinski definition) is 1. The first-order valence-corrected chi connectivity index (χ1v) is 9.53. The van der Waals surface area contributed by atoms with E-state index in [9.17, 15) is 14.0 Å². The van der Waals surface area contributed by atoms with Crippen molar-refractivity contribution >= 4 is 23.6 Å². The summed E-state index contributed by atoms with van der Waals surface area (Å²) in [5, 5.41) is 2.58. The highest BCUT2D eigenvalue weighted by atomic mass is 32.2. The van der Waals surface area contributed by atoms with Crippen LogP contribution in [0.5, 0.6) is 0 Å². The molecule has 1 saturated heterocycles. The minimum atomic E-state index is -0.509. The molecule has 2 unspecified atom stereocenters. The summed E-state index contributed by atoms with van der Waals surface area (Å²) in [7, 11) is 1.75. The van der Waals surface area contributed by atoms with Crippen LogP contribution < -0.4 is 5.32 Å². The van der Waals surface area contributed by atoms with E-state index < -0.39 is 6.04 Å². The van der Waals surface area contributed by atoms with Crippen LogP contribution in [-0.4, -0.2) is 40.8 Å². The molecule has 1 fully saturated rings. The number of nitrogens with zero attached hydrogens (tertiary/aromatic N) is 1. The van der Waals surface area contributed by atoms with Gasteiger partial charge in [-0.05, 0) is 29.7 Å². The normalized spacial score (nSPS) is 19.7. The molecule has 0 spiro atoms. The van der Waals surface area contributed by atoms with E-state index in [4.69, 9.17) is 0 Å². The number of hydrogen-bond acceptors (Lipinski definition) is 3. The number of carbonyl (C=O) groups is 2. The van der Waals surface area contributed by atoms with Crippen molar-refractivity contribution in [3.05, 3.63) is 71.5 Å². The second kappa shape index (κ2) is 8.36. The number of halogens is 1. The number of likely N-dealkylation sites (N-methyl/N-ethyl adjacent to an activating group) is 1. The largest absolute Gasteiger partial charge is 0.343 e. The van der Waals surface area contributed by atoms with Gasteiger partial charge in [-0.2, -0.15) is 0 Å². The second-order valence-electron chi connectivity index (χ2n) is 6.39. The van der Waals surface area contributed by atoms with Crippen molar-refractivity contribution in [2.24, 2.45) is 0 Å². The third kappa shape index (κ3) is 4.64. The molecule has 0 saturated carbocycles. The summed E-state index contributed by atoms with van der Waals surface area (Å²) in [5.74, 6) is 0.0174. The van der Waals surface area contributed by atoms with Gasteiger partial charge in [-0.3, -0.25) is 9.59 Å². The Morgan fingerprint density at radius 1 is 1.15 bits per heavy atom. The van der Waals surface area contributed by atoms with Crippen LogP contribution in [-0.2, 0) is 22.6 Å². The van der Waals surface area contributed by atoms with E-state index in [1.165, 1.54) is 23.9 Å². The lowest BCUT2D eigenvalue weighted by Crippen LogP contribution is -2.54. The maximum absolute atomic E-state index is 13.0. The smallest absolute Gasteiger partial charge is 0.246 e. The average molecular weight is 372 g/mol. The van der Waals surface area contributed by atoms with E-state index in [-0.39, 0.29) is 22.9 Å². The number of carbonyl (C=O) groups excluding carboxylic acids is 2. The first-order chi connectivity index (χ1) is 12.5. The van der Waals surface area contributed by atoms with Gasteiger partial charge in [0.05, 0.1) is 5.25 Å². The SMILES string of the molecule is CN(Cc1ccccc1)C(=O)C1CSC(Cc2ccc(F)cc2)C(=O)N1. The first kappa shape index (κ1) is 18.5. The van der Waals surface area contributed by atoms with Gasteiger partial charge < -0.3 is 10.2 Å². The summed E-state index contributed by atoms with van der Waals surface area (Å²) >= 11 is 1.48. The Balaban J connectivity index is 1.55. The van der Waals surface area contributed by atoms with Gasteiger partial charge in [0.25, 0.3) is 0 Å². The van der Waals surface area contributed by atoms with E-state index >= 15 is 0 Å². The van der Waals surface area contributed by atoms with Crippen molar-refractivity contribution in [2.75, 3.05) is 12.8 Å². The lowest BCUT2D eigenvalue weighted by Gasteiger charge is -2.31. The Morgan fingerprint density at radius 3 is 2.50 bits per heavy atom. The molecule has 2 amide bonds. The molecule has 1 N–H and O–H groups in total. The van der Waals surface area contributed by atoms with Crippen molar-refractivity contribution in [1.29, 1.82) is 0 Å². The Hall–Kier alpha value is -2.34. The highest BCUT2D eigenvalue weighted by molar-refractivity contribution is 8.00. The predicted octanol–water partition coefficient (Wildman–Crippen LogP) is 2.63. The molecular formula is C20H21FN2O2S. The zero-order chi connectivity index (χ0) is 18.5. The van der Waals surface area contributed by atoms with Gasteiger partial charge in [0.1, 0.15) is 11.9 Å². The lowest BCUT2D eigenvalue weighted by molar-refractivity contribution is -0.135. The van der Waals surface area contributed by atoms with Gasteiger partial charge in [-0.15, -0.1) is 11.8 Å². The molecule has 1 heterocycles. The van der Waals surface area contributed by atoms with Crippen molar-refractivity contribution in [1.82, 2.24) is 10.2 Å². The van der Waals surface area contributed by atoms with E-state index in [0.717, 1.165) is 11.1 Å². The van der Waals surface area contributed by atoms with E-state index in [2.05, 4.69) is 5.32 Å². The molecule has 4 nitrogen and oxygen atoms in total. The lowest BCUT2D eigenvalue weighted by atomic mass is 10.1. The van der Waals surface area contributed by atoms with Gasteiger partial charge in [-0.25, -0.2) is 4.39 Å². The van der Waals surface area contributed by atoms with Gasteiger partial charge >= 0.3 is 0 Å². The summed E-state index contributed by atoms with van der Waals surface area (Å²) in [6.45, 7) is 0.510. The van der Waals surface area contributed by atoms with Gasteiger partial charge in [0, 0.05) is 19.3 Å². The summed E-state index contributed by atoms with van der Waals surface area (Å²) in [6, 6.07) is 15.4. The fourth-order valence-electron chi connectivity index (χ4n) is 2.91. The van der Waals surface area contributed by atoms with Gasteiger partial charge in [0.2, 0.25) is 11.8 Å². The minimum absolute atomic E-state index is 0.0880. The monoisotopic (exact) mass is 372 g/mol. The molecule has 0 aromatic heterocycles. The molecule has 3 rings (SSSR count). The molecule has 1 aliphatic heterocycles. The highest BCUT2D eigenvalue weighted by Crippen LogP contribution is 2.23. The van der Waals surface area contributed by atoms with Crippen LogP contribution in [0.15, 0.2) is 54.6 Å². The predicted molar refractivity (Wildman–Crippen MR) is 101 cm³/mol. The standard InChI is InChI=1S/C20H21FN2O2S/c1-23(12-15-5-3-2-4-6-15)20(25)17-13-26-18(19(24)22-17)11-14-7-9-16(21)10-8-14/h2-10,17-18H,11-13H2,1H3,(H,22,24). The maximum Gasteiger partial charge on any atom is 0.246 e. The Bertz CT molecular complexity index is 767. The van der Waals surface area contributed by atoms with E-state index in [1.54, 1.807) is 24.1 Å². The fourth-order valence-corrected chi connectivity index (χ4v) is 4.10. The van der Waals surface area contributed by atoms with Crippen molar-refractivity contribution in [2.45, 2.75) is 24.3 Å². The molecule has 136 valence electrons. The molecule has 1 aliphatic rings. The van der Waals surface area contributed by atoms with Gasteiger partial charge in [-0.1, -0.05) is 42.5 Å². The van der Waals surface area contributed by atoms with Gasteiger partial charge in [0.15, 0.2) is 0 Å². The molecular weight excluding hydrogens is 351 g/mol. The van der Waals surface area contributed by atoms with E-state index in [0.29, 0.717) is 18.7 Å². The van der Waals surface area contributed by atoms with Crippen LogP contribution in [0, 0.1) is 5.82 Å². The third-order valence-electron chi connectivity index (χ3n) is 4.34.